The average molecular weight is 586 g/mol. The molecule has 1 aliphatic heterocycles. The minimum atomic E-state index is -0.565. The van der Waals surface area contributed by atoms with Gasteiger partial charge >= 0.3 is 5.76 Å². The van der Waals surface area contributed by atoms with Crippen molar-refractivity contribution in [1.29, 1.82) is 0 Å². The van der Waals surface area contributed by atoms with E-state index in [1.807, 2.05) is 77.7 Å². The lowest BCUT2D eigenvalue weighted by Gasteiger charge is -2.40. The van der Waals surface area contributed by atoms with E-state index in [2.05, 4.69) is 32.2 Å². The topological polar surface area (TPSA) is 128 Å². The first-order valence-corrected chi connectivity index (χ1v) is 14.7. The van der Waals surface area contributed by atoms with E-state index in [1.165, 1.54) is 0 Å². The number of fused-ring (bicyclic) bond motifs is 1. The summed E-state index contributed by atoms with van der Waals surface area (Å²) >= 11 is 0. The van der Waals surface area contributed by atoms with Crippen LogP contribution in [0.5, 0.6) is 5.75 Å². The van der Waals surface area contributed by atoms with Crippen LogP contribution in [-0.2, 0) is 23.1 Å². The molecule has 1 saturated heterocycles. The molecule has 0 unspecified atom stereocenters. The first kappa shape index (κ1) is 27.4. The van der Waals surface area contributed by atoms with Crippen LogP contribution in [0, 0.1) is 0 Å². The van der Waals surface area contributed by atoms with Gasteiger partial charge in [-0.05, 0) is 54.2 Å². The minimum absolute atomic E-state index is 0.0536. The number of likely N-dealkylation sites (tertiary alicyclic amines) is 1. The van der Waals surface area contributed by atoms with Gasteiger partial charge < -0.3 is 15.0 Å². The molecule has 9 heteroatoms. The van der Waals surface area contributed by atoms with Gasteiger partial charge in [0, 0.05) is 41.2 Å². The summed E-state index contributed by atoms with van der Waals surface area (Å²) in [5, 5.41) is 16.3. The van der Waals surface area contributed by atoms with Crippen LogP contribution >= 0.6 is 0 Å². The number of carbonyl (C=O) groups excluding carboxylic acids is 1. The number of aromatic amines is 2. The summed E-state index contributed by atoms with van der Waals surface area (Å²) in [6, 6.07) is 27.5. The maximum absolute atomic E-state index is 13.3. The van der Waals surface area contributed by atoms with E-state index < -0.39 is 11.2 Å². The molecule has 1 amide bonds. The van der Waals surface area contributed by atoms with Gasteiger partial charge in [-0.3, -0.25) is 19.3 Å². The second kappa shape index (κ2) is 11.3. The number of nitrogens with zero attached hydrogens (tertiary/aromatic N) is 3. The summed E-state index contributed by atoms with van der Waals surface area (Å²) in [6.45, 7) is 1.12. The molecule has 4 heterocycles. The molecule has 3 aromatic carbocycles. The number of amides is 1. The van der Waals surface area contributed by atoms with Crippen molar-refractivity contribution in [2.24, 2.45) is 0 Å². The number of pyridine rings is 1. The number of carbonyl (C=O) groups is 1. The third-order valence-corrected chi connectivity index (χ3v) is 8.77. The molecule has 6 aromatic rings. The zero-order valence-electron chi connectivity index (χ0n) is 24.0. The quantitative estimate of drug-likeness (QED) is 0.223. The number of phenolic OH excluding ortho intramolecular Hbond substituents is 1. The van der Waals surface area contributed by atoms with Crippen LogP contribution in [0.25, 0.3) is 33.3 Å². The van der Waals surface area contributed by atoms with E-state index in [9.17, 15) is 14.7 Å². The Labute approximate surface area is 253 Å². The molecule has 0 radical (unpaired) electrons. The fourth-order valence-electron chi connectivity index (χ4n) is 6.33. The third-order valence-electron chi connectivity index (χ3n) is 8.77. The molecule has 7 rings (SSSR count). The number of aromatic nitrogens is 4. The van der Waals surface area contributed by atoms with E-state index >= 15 is 0 Å². The monoisotopic (exact) mass is 585 g/mol. The van der Waals surface area contributed by atoms with Gasteiger partial charge in [-0.25, -0.2) is 4.79 Å². The Kier molecular flexibility index (Phi) is 7.06. The van der Waals surface area contributed by atoms with Crippen molar-refractivity contribution in [3.8, 4) is 28.1 Å². The fraction of sp³-hybridized carbons (Fsp3) is 0.200. The predicted molar refractivity (Wildman–Crippen MR) is 167 cm³/mol. The van der Waals surface area contributed by atoms with Crippen molar-refractivity contribution in [1.82, 2.24) is 25.0 Å². The highest BCUT2D eigenvalue weighted by molar-refractivity contribution is 5.89. The van der Waals surface area contributed by atoms with Gasteiger partial charge in [-0.2, -0.15) is 0 Å². The molecule has 0 saturated carbocycles. The van der Waals surface area contributed by atoms with Crippen molar-refractivity contribution in [3.05, 3.63) is 125 Å². The Morgan fingerprint density at radius 2 is 1.68 bits per heavy atom. The van der Waals surface area contributed by atoms with Crippen molar-refractivity contribution in [3.63, 3.8) is 0 Å². The lowest BCUT2D eigenvalue weighted by atomic mass is 9.73. The van der Waals surface area contributed by atoms with Gasteiger partial charge in [0.05, 0.1) is 23.8 Å². The highest BCUT2D eigenvalue weighted by Gasteiger charge is 2.40. The summed E-state index contributed by atoms with van der Waals surface area (Å²) in [7, 11) is 0. The Morgan fingerprint density at radius 1 is 0.909 bits per heavy atom. The minimum Gasteiger partial charge on any atom is -0.507 e. The maximum atomic E-state index is 13.3. The number of nitrogens with one attached hydrogen (secondary N) is 2. The fourth-order valence-corrected chi connectivity index (χ4v) is 6.33. The first-order valence-electron chi connectivity index (χ1n) is 14.7. The normalized spacial score (nSPS) is 14.6. The number of para-hydroxylation sites is 1. The van der Waals surface area contributed by atoms with Crippen molar-refractivity contribution >= 4 is 16.8 Å². The van der Waals surface area contributed by atoms with E-state index in [0.29, 0.717) is 49.3 Å². The molecule has 44 heavy (non-hydrogen) atoms. The van der Waals surface area contributed by atoms with Crippen molar-refractivity contribution < 1.29 is 14.4 Å². The largest absolute Gasteiger partial charge is 0.507 e. The van der Waals surface area contributed by atoms with Gasteiger partial charge in [0.1, 0.15) is 5.75 Å². The number of hydrogen-bond acceptors (Lipinski definition) is 6. The van der Waals surface area contributed by atoms with Crippen molar-refractivity contribution in [2.45, 2.75) is 31.1 Å². The molecule has 3 N–H and O–H groups in total. The van der Waals surface area contributed by atoms with Crippen LogP contribution in [-0.4, -0.2) is 49.1 Å². The molecule has 1 fully saturated rings. The number of rotatable bonds is 7. The first-order chi connectivity index (χ1) is 21.5. The zero-order valence-corrected chi connectivity index (χ0v) is 24.0. The number of aromatic hydroxyl groups is 1. The molecule has 0 atom stereocenters. The summed E-state index contributed by atoms with van der Waals surface area (Å²) < 4.78 is 4.86. The Morgan fingerprint density at radius 3 is 2.41 bits per heavy atom. The van der Waals surface area contributed by atoms with Gasteiger partial charge in [0.2, 0.25) is 5.91 Å². The molecular weight excluding hydrogens is 554 g/mol. The smallest absolute Gasteiger partial charge is 0.438 e. The SMILES string of the molecule is O=C(Cc1ccc(-c2cccc(-c3cc4ccncc4[nH]3)c2O)cc1)N1CCC(Cc2ccccc2)(c2noc(=O)[nH]2)CC1. The van der Waals surface area contributed by atoms with E-state index in [0.717, 1.165) is 33.3 Å². The standard InChI is InChI=1S/C35H31N5O4/c41-31(40-17-14-35(15-18-40,33-38-34(43)44-39-33)21-24-5-2-1-3-6-24)19-23-9-11-25(12-10-23)27-7-4-8-28(32(27)42)29-20-26-13-16-36-22-30(26)37-29/h1-13,16,20,22,37,42H,14-15,17-19,21H2,(H,38,39,43). The van der Waals surface area contributed by atoms with Crippen LogP contribution in [0.1, 0.15) is 29.8 Å². The van der Waals surface area contributed by atoms with Gasteiger partial charge in [0.15, 0.2) is 5.82 Å². The second-order valence-electron chi connectivity index (χ2n) is 11.5. The molecule has 0 bridgehead atoms. The summed E-state index contributed by atoms with van der Waals surface area (Å²) in [5.74, 6) is 0.224. The lowest BCUT2D eigenvalue weighted by Crippen LogP contribution is -2.47. The lowest BCUT2D eigenvalue weighted by molar-refractivity contribution is -0.132. The highest BCUT2D eigenvalue weighted by Crippen LogP contribution is 2.39. The number of benzene rings is 3. The number of phenols is 1. The number of piperidine rings is 1. The van der Waals surface area contributed by atoms with Gasteiger partial charge in [-0.1, -0.05) is 71.9 Å². The van der Waals surface area contributed by atoms with Gasteiger partial charge in [0.25, 0.3) is 0 Å². The molecule has 0 aliphatic carbocycles. The zero-order chi connectivity index (χ0) is 30.1. The van der Waals surface area contributed by atoms with Crippen LogP contribution in [0.2, 0.25) is 0 Å². The number of hydrogen-bond donors (Lipinski definition) is 3. The molecule has 0 spiro atoms. The maximum Gasteiger partial charge on any atom is 0.438 e. The summed E-state index contributed by atoms with van der Waals surface area (Å²) in [4.78, 5) is 37.3. The van der Waals surface area contributed by atoms with Crippen LogP contribution in [0.15, 0.2) is 107 Å². The van der Waals surface area contributed by atoms with Crippen molar-refractivity contribution in [2.75, 3.05) is 13.1 Å². The molecule has 1 aliphatic rings. The van der Waals surface area contributed by atoms with E-state index in [-0.39, 0.29) is 18.1 Å². The second-order valence-corrected chi connectivity index (χ2v) is 11.5. The van der Waals surface area contributed by atoms with Crippen LogP contribution < -0.4 is 5.76 Å². The van der Waals surface area contributed by atoms with Crippen LogP contribution in [0.3, 0.4) is 0 Å². The molecule has 3 aromatic heterocycles. The Balaban J connectivity index is 1.04. The Bertz CT molecular complexity index is 1950. The third kappa shape index (κ3) is 5.28. The average Bonchev–Trinajstić information content (AvgIpc) is 3.69. The van der Waals surface area contributed by atoms with Crippen LogP contribution in [0.4, 0.5) is 0 Å². The Hall–Kier alpha value is -5.44. The van der Waals surface area contributed by atoms with Gasteiger partial charge in [-0.15, -0.1) is 0 Å². The molecule has 9 nitrogen and oxygen atoms in total. The van der Waals surface area contributed by atoms with E-state index in [4.69, 9.17) is 4.52 Å². The highest BCUT2D eigenvalue weighted by atomic mass is 16.5. The number of H-pyrrole nitrogens is 2. The summed E-state index contributed by atoms with van der Waals surface area (Å²) in [5.41, 5.74) is 5.65. The molecule has 220 valence electrons. The predicted octanol–water partition coefficient (Wildman–Crippen LogP) is 5.62. The summed E-state index contributed by atoms with van der Waals surface area (Å²) in [6.07, 6.45) is 5.82. The molecular formula is C35H31N5O4. The van der Waals surface area contributed by atoms with E-state index in [1.54, 1.807) is 12.4 Å².